The van der Waals surface area contributed by atoms with Crippen molar-refractivity contribution in [1.29, 1.82) is 0 Å². The molecular formula is C12H15N3O3S2. The summed E-state index contributed by atoms with van der Waals surface area (Å²) in [5.41, 5.74) is 2.11. The van der Waals surface area contributed by atoms with E-state index in [1.807, 2.05) is 6.92 Å². The third-order valence-electron chi connectivity index (χ3n) is 2.56. The normalized spacial score (nSPS) is 11.6. The first-order chi connectivity index (χ1) is 9.28. The first-order valence-corrected chi connectivity index (χ1v) is 8.68. The molecule has 0 aliphatic carbocycles. The number of carbonyl (C=O) groups excluding carboxylic acids is 1. The number of fused-ring (bicyclic) bond motifs is 1. The minimum Gasteiger partial charge on any atom is -0.302 e. The summed E-state index contributed by atoms with van der Waals surface area (Å²) in [6, 6.07) is 3.43. The molecular weight excluding hydrogens is 298 g/mol. The number of carbonyl (C=O) groups is 1. The van der Waals surface area contributed by atoms with E-state index in [4.69, 9.17) is 0 Å². The van der Waals surface area contributed by atoms with Gasteiger partial charge in [0, 0.05) is 6.42 Å². The molecule has 20 heavy (non-hydrogen) atoms. The average Bonchev–Trinajstić information content (AvgIpc) is 2.69. The van der Waals surface area contributed by atoms with Crippen LogP contribution in [0, 0.1) is 6.92 Å². The number of thiazole rings is 1. The number of benzene rings is 1. The molecule has 108 valence electrons. The molecule has 2 N–H and O–H groups in total. The van der Waals surface area contributed by atoms with E-state index in [9.17, 15) is 13.2 Å². The van der Waals surface area contributed by atoms with Gasteiger partial charge in [0.15, 0.2) is 5.13 Å². The van der Waals surface area contributed by atoms with Crippen LogP contribution in [0.15, 0.2) is 12.1 Å². The molecule has 0 fully saturated rings. The van der Waals surface area contributed by atoms with Crippen LogP contribution in [0.25, 0.3) is 10.2 Å². The lowest BCUT2D eigenvalue weighted by Crippen LogP contribution is -2.09. The van der Waals surface area contributed by atoms with Gasteiger partial charge in [0.1, 0.15) is 0 Å². The van der Waals surface area contributed by atoms with Crippen molar-refractivity contribution in [3.8, 4) is 0 Å². The zero-order chi connectivity index (χ0) is 14.9. The molecule has 0 radical (unpaired) electrons. The van der Waals surface area contributed by atoms with Crippen molar-refractivity contribution < 1.29 is 13.2 Å². The molecule has 0 aliphatic rings. The highest BCUT2D eigenvalue weighted by Gasteiger charge is 2.11. The lowest BCUT2D eigenvalue weighted by molar-refractivity contribution is -0.115. The summed E-state index contributed by atoms with van der Waals surface area (Å²) in [6.07, 6.45) is 1.49. The number of aromatic nitrogens is 1. The molecule has 0 atom stereocenters. The molecule has 1 aromatic carbocycles. The lowest BCUT2D eigenvalue weighted by atomic mass is 10.2. The van der Waals surface area contributed by atoms with E-state index in [1.54, 1.807) is 19.1 Å². The lowest BCUT2D eigenvalue weighted by Gasteiger charge is -2.04. The van der Waals surface area contributed by atoms with E-state index in [2.05, 4.69) is 15.0 Å². The van der Waals surface area contributed by atoms with Crippen molar-refractivity contribution in [2.24, 2.45) is 0 Å². The minimum atomic E-state index is -3.31. The molecule has 0 bridgehead atoms. The molecule has 1 amide bonds. The predicted molar refractivity (Wildman–Crippen MR) is 81.7 cm³/mol. The van der Waals surface area contributed by atoms with Gasteiger partial charge in [-0.1, -0.05) is 18.3 Å². The Hall–Kier alpha value is -1.67. The smallest absolute Gasteiger partial charge is 0.229 e. The van der Waals surface area contributed by atoms with Crippen LogP contribution in [0.4, 0.5) is 10.8 Å². The third kappa shape index (κ3) is 3.45. The number of hydrogen-bond acceptors (Lipinski definition) is 5. The van der Waals surface area contributed by atoms with E-state index < -0.39 is 10.0 Å². The zero-order valence-electron chi connectivity index (χ0n) is 11.4. The molecule has 0 saturated heterocycles. The van der Waals surface area contributed by atoms with Gasteiger partial charge < -0.3 is 5.32 Å². The van der Waals surface area contributed by atoms with Gasteiger partial charge >= 0.3 is 0 Å². The quantitative estimate of drug-likeness (QED) is 0.906. The second-order valence-electron chi connectivity index (χ2n) is 4.43. The van der Waals surface area contributed by atoms with Crippen LogP contribution in [0.1, 0.15) is 18.9 Å². The summed E-state index contributed by atoms with van der Waals surface area (Å²) in [5.74, 6) is -0.101. The van der Waals surface area contributed by atoms with Crippen LogP contribution in [0.2, 0.25) is 0 Å². The highest BCUT2D eigenvalue weighted by molar-refractivity contribution is 7.92. The topological polar surface area (TPSA) is 88.2 Å². The first-order valence-electron chi connectivity index (χ1n) is 5.97. The number of nitrogens with zero attached hydrogens (tertiary/aromatic N) is 1. The fourth-order valence-electron chi connectivity index (χ4n) is 1.73. The Labute approximate surface area is 121 Å². The second kappa shape index (κ2) is 5.37. The highest BCUT2D eigenvalue weighted by Crippen LogP contribution is 2.31. The van der Waals surface area contributed by atoms with Crippen LogP contribution in [-0.2, 0) is 14.8 Å². The largest absolute Gasteiger partial charge is 0.302 e. The van der Waals surface area contributed by atoms with Gasteiger partial charge in [0.2, 0.25) is 15.9 Å². The summed E-state index contributed by atoms with van der Waals surface area (Å²) in [4.78, 5) is 15.7. The molecule has 2 aromatic rings. The van der Waals surface area contributed by atoms with Crippen molar-refractivity contribution in [2.75, 3.05) is 16.3 Å². The van der Waals surface area contributed by atoms with Crippen molar-refractivity contribution in [1.82, 2.24) is 4.98 Å². The van der Waals surface area contributed by atoms with Gasteiger partial charge in [-0.2, -0.15) is 0 Å². The Morgan fingerprint density at radius 2 is 2.10 bits per heavy atom. The number of aryl methyl sites for hydroxylation is 1. The van der Waals surface area contributed by atoms with E-state index in [-0.39, 0.29) is 5.91 Å². The van der Waals surface area contributed by atoms with Gasteiger partial charge in [0.25, 0.3) is 0 Å². The van der Waals surface area contributed by atoms with E-state index in [0.29, 0.717) is 17.2 Å². The van der Waals surface area contributed by atoms with Crippen LogP contribution in [0.3, 0.4) is 0 Å². The minimum absolute atomic E-state index is 0.101. The van der Waals surface area contributed by atoms with Gasteiger partial charge in [-0.25, -0.2) is 13.4 Å². The molecule has 0 aliphatic heterocycles. The fraction of sp³-hybridized carbons (Fsp3) is 0.333. The van der Waals surface area contributed by atoms with Gasteiger partial charge in [-0.15, -0.1) is 0 Å². The fourth-order valence-corrected chi connectivity index (χ4v) is 3.28. The monoisotopic (exact) mass is 313 g/mol. The Balaban J connectivity index is 2.41. The summed E-state index contributed by atoms with van der Waals surface area (Å²) >= 11 is 1.32. The van der Waals surface area contributed by atoms with Gasteiger partial charge in [-0.3, -0.25) is 9.52 Å². The Morgan fingerprint density at radius 3 is 2.70 bits per heavy atom. The van der Waals surface area contributed by atoms with Crippen LogP contribution < -0.4 is 10.0 Å². The second-order valence-corrected chi connectivity index (χ2v) is 7.21. The predicted octanol–water partition coefficient (Wildman–Crippen LogP) is 2.32. The van der Waals surface area contributed by atoms with Crippen LogP contribution >= 0.6 is 11.3 Å². The maximum atomic E-state index is 11.4. The van der Waals surface area contributed by atoms with E-state index >= 15 is 0 Å². The maximum Gasteiger partial charge on any atom is 0.229 e. The molecule has 0 unspecified atom stereocenters. The van der Waals surface area contributed by atoms with Crippen LogP contribution in [-0.4, -0.2) is 25.6 Å². The molecule has 0 spiro atoms. The van der Waals surface area contributed by atoms with Gasteiger partial charge in [-0.05, 0) is 24.6 Å². The molecule has 8 heteroatoms. The number of sulfonamides is 1. The van der Waals surface area contributed by atoms with Crippen molar-refractivity contribution >= 4 is 48.3 Å². The third-order valence-corrected chi connectivity index (χ3v) is 4.08. The number of nitrogens with one attached hydrogen (secondary N) is 2. The molecule has 2 rings (SSSR count). The molecule has 1 heterocycles. The van der Waals surface area contributed by atoms with E-state index in [1.165, 1.54) is 11.3 Å². The molecule has 6 nitrogen and oxygen atoms in total. The Bertz CT molecular complexity index is 766. The Morgan fingerprint density at radius 1 is 1.40 bits per heavy atom. The van der Waals surface area contributed by atoms with Crippen LogP contribution in [0.5, 0.6) is 0 Å². The van der Waals surface area contributed by atoms with Crippen molar-refractivity contribution in [3.63, 3.8) is 0 Å². The van der Waals surface area contributed by atoms with Crippen molar-refractivity contribution in [3.05, 3.63) is 17.7 Å². The number of anilines is 2. The van der Waals surface area contributed by atoms with Crippen molar-refractivity contribution in [2.45, 2.75) is 20.3 Å². The highest BCUT2D eigenvalue weighted by atomic mass is 32.2. The number of amides is 1. The average molecular weight is 313 g/mol. The first kappa shape index (κ1) is 14.7. The van der Waals surface area contributed by atoms with E-state index in [0.717, 1.165) is 22.0 Å². The number of rotatable bonds is 4. The SMILES string of the molecule is CCC(=O)Nc1nc2c(C)cc(NS(C)(=O)=O)cc2s1. The summed E-state index contributed by atoms with van der Waals surface area (Å²) in [5, 5.41) is 3.23. The summed E-state index contributed by atoms with van der Waals surface area (Å²) in [7, 11) is -3.31. The zero-order valence-corrected chi connectivity index (χ0v) is 13.0. The molecule has 0 saturated carbocycles. The molecule has 1 aromatic heterocycles. The standard InChI is InChI=1S/C12H15N3O3S2/c1-4-10(16)13-12-14-11-7(2)5-8(6-9(11)19-12)15-20(3,17)18/h5-6,15H,4H2,1-3H3,(H,13,14,16). The maximum absolute atomic E-state index is 11.4. The Kier molecular flexibility index (Phi) is 3.96. The summed E-state index contributed by atoms with van der Waals surface area (Å²) < 4.78 is 25.8. The number of hydrogen-bond donors (Lipinski definition) is 2. The summed E-state index contributed by atoms with van der Waals surface area (Å²) in [6.45, 7) is 3.61. The van der Waals surface area contributed by atoms with Gasteiger partial charge in [0.05, 0.1) is 22.2 Å².